The van der Waals surface area contributed by atoms with Gasteiger partial charge in [-0.2, -0.15) is 18.3 Å². The van der Waals surface area contributed by atoms with Crippen molar-refractivity contribution in [2.45, 2.75) is 37.9 Å². The summed E-state index contributed by atoms with van der Waals surface area (Å²) in [5.74, 6) is -0.792. The molecule has 0 spiro atoms. The van der Waals surface area contributed by atoms with Crippen molar-refractivity contribution < 1.29 is 27.9 Å². The number of carbonyl (C=O) groups is 2. The number of nitrogens with zero attached hydrogens (tertiary/aromatic N) is 5. The van der Waals surface area contributed by atoms with Gasteiger partial charge in [-0.05, 0) is 37.8 Å². The number of hydrogen-bond acceptors (Lipinski definition) is 6. The van der Waals surface area contributed by atoms with Crippen LogP contribution in [0.2, 0.25) is 0 Å². The summed E-state index contributed by atoms with van der Waals surface area (Å²) in [7, 11) is 0. The van der Waals surface area contributed by atoms with Crippen LogP contribution in [-0.2, 0) is 11.0 Å². The summed E-state index contributed by atoms with van der Waals surface area (Å²) in [5, 5.41) is 16.3. The summed E-state index contributed by atoms with van der Waals surface area (Å²) < 4.78 is 42.6. The molecule has 1 aromatic carbocycles. The van der Waals surface area contributed by atoms with Gasteiger partial charge in [0.05, 0.1) is 29.2 Å². The molecule has 1 aliphatic carbocycles. The number of benzene rings is 1. The van der Waals surface area contributed by atoms with Gasteiger partial charge in [0, 0.05) is 37.0 Å². The summed E-state index contributed by atoms with van der Waals surface area (Å²) in [4.78, 5) is 33.2. The standard InChI is InChI=1S/C24H23F3N6O3/c25-24(26,27)19-12-28-23(31-20(19)14-1-5-16(6-2-14)22(35)36)30-17-11-29-33(13-17)18-7-9-32(10-8-18)21(34)15-3-4-15/h1-2,5-6,11-13,15,18H,3-4,7-10H2,(H,35,36)(H,28,30,31). The first-order valence-electron chi connectivity index (χ1n) is 11.6. The number of nitrogens with one attached hydrogen (secondary N) is 1. The van der Waals surface area contributed by atoms with Gasteiger partial charge in [0.1, 0.15) is 5.56 Å². The van der Waals surface area contributed by atoms with Crippen LogP contribution in [0, 0.1) is 5.92 Å². The first-order valence-corrected chi connectivity index (χ1v) is 11.6. The van der Waals surface area contributed by atoms with Gasteiger partial charge >= 0.3 is 12.1 Å². The van der Waals surface area contributed by atoms with E-state index in [1.165, 1.54) is 24.3 Å². The van der Waals surface area contributed by atoms with Crippen molar-refractivity contribution in [3.8, 4) is 11.3 Å². The molecule has 2 aromatic heterocycles. The Labute approximate surface area is 204 Å². The number of alkyl halides is 3. The zero-order chi connectivity index (χ0) is 25.4. The van der Waals surface area contributed by atoms with E-state index in [1.54, 1.807) is 17.1 Å². The maximum Gasteiger partial charge on any atom is 0.419 e. The van der Waals surface area contributed by atoms with Crippen LogP contribution in [0.5, 0.6) is 0 Å². The smallest absolute Gasteiger partial charge is 0.419 e. The molecule has 1 saturated carbocycles. The van der Waals surface area contributed by atoms with E-state index in [1.807, 2.05) is 4.90 Å². The Kier molecular flexibility index (Phi) is 6.10. The van der Waals surface area contributed by atoms with Crippen LogP contribution in [0.4, 0.5) is 24.8 Å². The molecule has 1 aliphatic heterocycles. The van der Waals surface area contributed by atoms with Crippen LogP contribution >= 0.6 is 0 Å². The summed E-state index contributed by atoms with van der Waals surface area (Å²) in [5.41, 5.74) is -0.814. The minimum Gasteiger partial charge on any atom is -0.478 e. The number of anilines is 2. The first-order chi connectivity index (χ1) is 17.2. The lowest BCUT2D eigenvalue weighted by molar-refractivity contribution is -0.137. The molecule has 36 heavy (non-hydrogen) atoms. The lowest BCUT2D eigenvalue weighted by Crippen LogP contribution is -2.39. The lowest BCUT2D eigenvalue weighted by atomic mass is 10.0. The quantitative estimate of drug-likeness (QED) is 0.517. The Balaban J connectivity index is 1.32. The number of aromatic carboxylic acids is 1. The predicted molar refractivity (Wildman–Crippen MR) is 123 cm³/mol. The number of carboxylic acids is 1. The fraction of sp³-hybridized carbons (Fsp3) is 0.375. The molecular formula is C24H23F3N6O3. The number of likely N-dealkylation sites (tertiary alicyclic amines) is 1. The second-order valence-corrected chi connectivity index (χ2v) is 9.00. The molecule has 0 bridgehead atoms. The van der Waals surface area contributed by atoms with Crippen molar-refractivity contribution >= 4 is 23.5 Å². The maximum atomic E-state index is 13.6. The van der Waals surface area contributed by atoms with Crippen molar-refractivity contribution in [2.24, 2.45) is 5.92 Å². The highest BCUT2D eigenvalue weighted by Gasteiger charge is 2.36. The molecule has 2 aliphatic rings. The van der Waals surface area contributed by atoms with E-state index >= 15 is 0 Å². The summed E-state index contributed by atoms with van der Waals surface area (Å²) >= 11 is 0. The van der Waals surface area contributed by atoms with E-state index in [-0.39, 0.29) is 40.6 Å². The minimum absolute atomic E-state index is 0.0464. The molecule has 0 unspecified atom stereocenters. The van der Waals surface area contributed by atoms with Crippen molar-refractivity contribution in [2.75, 3.05) is 18.4 Å². The Morgan fingerprint density at radius 1 is 1.03 bits per heavy atom. The minimum atomic E-state index is -4.69. The average molecular weight is 500 g/mol. The summed E-state index contributed by atoms with van der Waals surface area (Å²) in [6, 6.07) is 5.12. The Hall–Kier alpha value is -3.96. The molecule has 2 fully saturated rings. The van der Waals surface area contributed by atoms with Crippen LogP contribution in [0.25, 0.3) is 11.3 Å². The molecule has 3 aromatic rings. The van der Waals surface area contributed by atoms with E-state index in [2.05, 4.69) is 20.4 Å². The first kappa shape index (κ1) is 23.8. The number of aromatic nitrogens is 4. The van der Waals surface area contributed by atoms with Crippen molar-refractivity contribution in [1.82, 2.24) is 24.6 Å². The second-order valence-electron chi connectivity index (χ2n) is 9.00. The van der Waals surface area contributed by atoms with E-state index < -0.39 is 17.7 Å². The fourth-order valence-corrected chi connectivity index (χ4v) is 4.31. The van der Waals surface area contributed by atoms with E-state index in [0.29, 0.717) is 25.0 Å². The molecule has 9 nitrogen and oxygen atoms in total. The molecule has 1 amide bonds. The lowest BCUT2D eigenvalue weighted by Gasteiger charge is -2.32. The third kappa shape index (κ3) is 5.02. The summed E-state index contributed by atoms with van der Waals surface area (Å²) in [6.07, 6.45) is 2.80. The zero-order valence-corrected chi connectivity index (χ0v) is 19.1. The molecular weight excluding hydrogens is 477 g/mol. The van der Waals surface area contributed by atoms with Gasteiger partial charge < -0.3 is 15.3 Å². The zero-order valence-electron chi connectivity index (χ0n) is 19.1. The maximum absolute atomic E-state index is 13.6. The average Bonchev–Trinajstić information content (AvgIpc) is 3.61. The number of amides is 1. The second kappa shape index (κ2) is 9.25. The number of halogens is 3. The van der Waals surface area contributed by atoms with Gasteiger partial charge in [0.15, 0.2) is 0 Å². The van der Waals surface area contributed by atoms with Gasteiger partial charge in [-0.1, -0.05) is 12.1 Å². The Morgan fingerprint density at radius 3 is 2.33 bits per heavy atom. The van der Waals surface area contributed by atoms with Crippen LogP contribution in [-0.4, -0.2) is 54.7 Å². The number of hydrogen-bond donors (Lipinski definition) is 2. The Bertz CT molecular complexity index is 1280. The third-order valence-electron chi connectivity index (χ3n) is 6.43. The molecule has 1 saturated heterocycles. The molecule has 2 N–H and O–H groups in total. The molecule has 12 heteroatoms. The number of piperidine rings is 1. The SMILES string of the molecule is O=C(O)c1ccc(-c2nc(Nc3cnn(C4CCN(C(=O)C5CC5)CC4)c3)ncc2C(F)(F)F)cc1. The molecule has 0 atom stereocenters. The highest BCUT2D eigenvalue weighted by Crippen LogP contribution is 2.37. The highest BCUT2D eigenvalue weighted by atomic mass is 19.4. The Morgan fingerprint density at radius 2 is 1.72 bits per heavy atom. The van der Waals surface area contributed by atoms with Crippen LogP contribution in [0.15, 0.2) is 42.9 Å². The van der Waals surface area contributed by atoms with Gasteiger partial charge in [-0.3, -0.25) is 9.48 Å². The van der Waals surface area contributed by atoms with Gasteiger partial charge in [-0.25, -0.2) is 14.8 Å². The fourth-order valence-electron chi connectivity index (χ4n) is 4.31. The van der Waals surface area contributed by atoms with Crippen LogP contribution < -0.4 is 5.32 Å². The van der Waals surface area contributed by atoms with Crippen molar-refractivity contribution in [1.29, 1.82) is 0 Å². The van der Waals surface area contributed by atoms with E-state index in [9.17, 15) is 22.8 Å². The predicted octanol–water partition coefficient (Wildman–Crippen LogP) is 4.37. The van der Waals surface area contributed by atoms with Gasteiger partial charge in [-0.15, -0.1) is 0 Å². The molecule has 188 valence electrons. The van der Waals surface area contributed by atoms with Crippen LogP contribution in [0.3, 0.4) is 0 Å². The summed E-state index contributed by atoms with van der Waals surface area (Å²) in [6.45, 7) is 1.35. The number of carbonyl (C=O) groups excluding carboxylic acids is 1. The highest BCUT2D eigenvalue weighted by molar-refractivity contribution is 5.88. The number of carboxylic acid groups (broad SMARTS) is 1. The largest absolute Gasteiger partial charge is 0.478 e. The molecule has 5 rings (SSSR count). The van der Waals surface area contributed by atoms with Crippen LogP contribution in [0.1, 0.15) is 47.6 Å². The molecule has 3 heterocycles. The van der Waals surface area contributed by atoms with Gasteiger partial charge in [0.2, 0.25) is 11.9 Å². The topological polar surface area (TPSA) is 113 Å². The van der Waals surface area contributed by atoms with E-state index in [4.69, 9.17) is 5.11 Å². The van der Waals surface area contributed by atoms with E-state index in [0.717, 1.165) is 25.7 Å². The molecule has 0 radical (unpaired) electrons. The van der Waals surface area contributed by atoms with Crippen molar-refractivity contribution in [3.63, 3.8) is 0 Å². The van der Waals surface area contributed by atoms with Crippen molar-refractivity contribution in [3.05, 3.63) is 54.0 Å². The monoisotopic (exact) mass is 500 g/mol. The number of rotatable bonds is 6. The normalized spacial score (nSPS) is 16.7. The van der Waals surface area contributed by atoms with Gasteiger partial charge in [0.25, 0.3) is 0 Å². The third-order valence-corrected chi connectivity index (χ3v) is 6.43.